The molecule has 2 aromatic heterocycles. The van der Waals surface area contributed by atoms with Gasteiger partial charge in [-0.05, 0) is 11.4 Å². The van der Waals surface area contributed by atoms with Crippen molar-refractivity contribution in [1.29, 1.82) is 0 Å². The molecule has 0 fully saturated rings. The highest BCUT2D eigenvalue weighted by atomic mass is 32.2. The Morgan fingerprint density at radius 3 is 2.89 bits per heavy atom. The fourth-order valence-electron chi connectivity index (χ4n) is 1.22. The van der Waals surface area contributed by atoms with Gasteiger partial charge in [0.1, 0.15) is 0 Å². The number of thiophene rings is 1. The lowest BCUT2D eigenvalue weighted by Crippen LogP contribution is -2.19. The van der Waals surface area contributed by atoms with Crippen molar-refractivity contribution in [2.45, 2.75) is 24.3 Å². The van der Waals surface area contributed by atoms with Crippen molar-refractivity contribution in [1.82, 2.24) is 10.2 Å². The van der Waals surface area contributed by atoms with Crippen LogP contribution in [0, 0.1) is 5.92 Å². The highest BCUT2D eigenvalue weighted by Crippen LogP contribution is 2.30. The summed E-state index contributed by atoms with van der Waals surface area (Å²) in [6, 6.07) is 3.81. The molecular formula is C11H12N2O3S2. The lowest BCUT2D eigenvalue weighted by molar-refractivity contribution is -0.140. The summed E-state index contributed by atoms with van der Waals surface area (Å²) in [4.78, 5) is 11.8. The Labute approximate surface area is 112 Å². The third-order valence-corrected chi connectivity index (χ3v) is 4.52. The topological polar surface area (TPSA) is 76.2 Å². The number of aromatic nitrogens is 2. The summed E-state index contributed by atoms with van der Waals surface area (Å²) in [5.74, 6) is -0.817. The number of hydrogen-bond acceptors (Lipinski definition) is 6. The Balaban J connectivity index is 2.05. The van der Waals surface area contributed by atoms with Gasteiger partial charge in [0, 0.05) is 5.25 Å². The standard InChI is InChI=1S/C11H12N2O3S2/c1-6(10(14)15)7(2)18-11-13-12-9(16-11)8-4-3-5-17-8/h3-7H,1-2H3,(H,14,15). The Bertz CT molecular complexity index is 524. The average Bonchev–Trinajstić information content (AvgIpc) is 2.96. The second-order valence-electron chi connectivity index (χ2n) is 3.80. The number of carboxylic acids is 1. The minimum Gasteiger partial charge on any atom is -0.481 e. The minimum absolute atomic E-state index is 0.126. The van der Waals surface area contributed by atoms with Gasteiger partial charge >= 0.3 is 5.97 Å². The Morgan fingerprint density at radius 2 is 2.28 bits per heavy atom. The monoisotopic (exact) mass is 284 g/mol. The van der Waals surface area contributed by atoms with Gasteiger partial charge in [0.2, 0.25) is 0 Å². The Morgan fingerprint density at radius 1 is 1.50 bits per heavy atom. The highest BCUT2D eigenvalue weighted by molar-refractivity contribution is 7.99. The molecule has 5 nitrogen and oxygen atoms in total. The van der Waals surface area contributed by atoms with Crippen LogP contribution in [0.5, 0.6) is 0 Å². The van der Waals surface area contributed by atoms with Crippen molar-refractivity contribution >= 4 is 29.1 Å². The van der Waals surface area contributed by atoms with E-state index in [0.717, 1.165) is 4.88 Å². The first kappa shape index (κ1) is 13.1. The zero-order valence-electron chi connectivity index (χ0n) is 9.86. The molecule has 2 aromatic rings. The van der Waals surface area contributed by atoms with Gasteiger partial charge in [-0.2, -0.15) is 0 Å². The fourth-order valence-corrected chi connectivity index (χ4v) is 2.72. The van der Waals surface area contributed by atoms with Gasteiger partial charge in [0.05, 0.1) is 10.8 Å². The molecule has 0 radical (unpaired) electrons. The second-order valence-corrected chi connectivity index (χ2v) is 6.08. The molecule has 96 valence electrons. The Kier molecular flexibility index (Phi) is 4.03. The molecule has 0 saturated heterocycles. The summed E-state index contributed by atoms with van der Waals surface area (Å²) < 4.78 is 5.49. The maximum absolute atomic E-state index is 10.8. The molecule has 2 heterocycles. The van der Waals surface area contributed by atoms with E-state index >= 15 is 0 Å². The van der Waals surface area contributed by atoms with E-state index in [1.165, 1.54) is 23.1 Å². The molecule has 0 aromatic carbocycles. The fraction of sp³-hybridized carbons (Fsp3) is 0.364. The van der Waals surface area contributed by atoms with Crippen LogP contribution in [-0.2, 0) is 4.79 Å². The van der Waals surface area contributed by atoms with E-state index in [2.05, 4.69) is 10.2 Å². The first-order valence-electron chi connectivity index (χ1n) is 5.34. The van der Waals surface area contributed by atoms with Gasteiger partial charge in [-0.1, -0.05) is 31.7 Å². The summed E-state index contributed by atoms with van der Waals surface area (Å²) in [5.41, 5.74) is 0. The highest BCUT2D eigenvalue weighted by Gasteiger charge is 2.22. The van der Waals surface area contributed by atoms with Gasteiger partial charge in [-0.15, -0.1) is 21.5 Å². The molecule has 0 amide bonds. The normalized spacial score (nSPS) is 14.3. The van der Waals surface area contributed by atoms with Crippen molar-refractivity contribution in [2.24, 2.45) is 5.92 Å². The predicted octanol–water partition coefficient (Wildman–Crippen LogP) is 3.00. The average molecular weight is 284 g/mol. The lowest BCUT2D eigenvalue weighted by atomic mass is 10.1. The number of carboxylic acid groups (broad SMARTS) is 1. The van der Waals surface area contributed by atoms with E-state index in [1.807, 2.05) is 24.4 Å². The van der Waals surface area contributed by atoms with E-state index in [0.29, 0.717) is 11.1 Å². The zero-order valence-corrected chi connectivity index (χ0v) is 11.5. The summed E-state index contributed by atoms with van der Waals surface area (Å²) in [7, 11) is 0. The van der Waals surface area contributed by atoms with E-state index < -0.39 is 11.9 Å². The summed E-state index contributed by atoms with van der Waals surface area (Å²) in [5, 5.41) is 19.0. The number of rotatable bonds is 5. The van der Waals surface area contributed by atoms with Crippen LogP contribution >= 0.6 is 23.1 Å². The Hall–Kier alpha value is -1.34. The van der Waals surface area contributed by atoms with Crippen molar-refractivity contribution in [3.8, 4) is 10.8 Å². The van der Waals surface area contributed by atoms with Crippen molar-refractivity contribution < 1.29 is 14.3 Å². The number of carbonyl (C=O) groups is 1. The molecule has 1 N–H and O–H groups in total. The van der Waals surface area contributed by atoms with Gasteiger partial charge in [0.15, 0.2) is 0 Å². The van der Waals surface area contributed by atoms with Crippen molar-refractivity contribution in [3.05, 3.63) is 17.5 Å². The van der Waals surface area contributed by atoms with Gasteiger partial charge in [0.25, 0.3) is 11.1 Å². The number of aliphatic carboxylic acids is 1. The SMILES string of the molecule is CC(Sc1nnc(-c2cccs2)o1)C(C)C(=O)O. The zero-order chi connectivity index (χ0) is 13.1. The molecule has 0 aliphatic carbocycles. The molecule has 7 heteroatoms. The van der Waals surface area contributed by atoms with Crippen LogP contribution in [0.15, 0.2) is 27.2 Å². The van der Waals surface area contributed by atoms with Gasteiger partial charge < -0.3 is 9.52 Å². The molecule has 2 atom stereocenters. The predicted molar refractivity (Wildman–Crippen MR) is 69.7 cm³/mol. The summed E-state index contributed by atoms with van der Waals surface area (Å²) >= 11 is 2.80. The molecule has 0 aliphatic heterocycles. The van der Waals surface area contributed by atoms with E-state index in [-0.39, 0.29) is 5.25 Å². The summed E-state index contributed by atoms with van der Waals surface area (Å²) in [6.45, 7) is 3.50. The van der Waals surface area contributed by atoms with Crippen molar-refractivity contribution in [3.63, 3.8) is 0 Å². The molecule has 0 spiro atoms. The summed E-state index contributed by atoms with van der Waals surface area (Å²) in [6.07, 6.45) is 0. The maximum Gasteiger partial charge on any atom is 0.307 e. The maximum atomic E-state index is 10.8. The first-order valence-corrected chi connectivity index (χ1v) is 7.10. The third kappa shape index (κ3) is 2.91. The molecule has 0 saturated carbocycles. The van der Waals surface area contributed by atoms with E-state index in [9.17, 15) is 4.79 Å². The van der Waals surface area contributed by atoms with E-state index in [1.54, 1.807) is 6.92 Å². The number of hydrogen-bond donors (Lipinski definition) is 1. The minimum atomic E-state index is -0.826. The third-order valence-electron chi connectivity index (χ3n) is 2.52. The van der Waals surface area contributed by atoms with Gasteiger partial charge in [-0.3, -0.25) is 4.79 Å². The number of thioether (sulfide) groups is 1. The van der Waals surface area contributed by atoms with Crippen LogP contribution in [0.3, 0.4) is 0 Å². The molecular weight excluding hydrogens is 272 g/mol. The van der Waals surface area contributed by atoms with Crippen LogP contribution in [0.1, 0.15) is 13.8 Å². The number of nitrogens with zero attached hydrogens (tertiary/aromatic N) is 2. The molecule has 2 rings (SSSR count). The first-order chi connectivity index (χ1) is 8.58. The van der Waals surface area contributed by atoms with Crippen LogP contribution < -0.4 is 0 Å². The van der Waals surface area contributed by atoms with Crippen LogP contribution in [0.2, 0.25) is 0 Å². The molecule has 18 heavy (non-hydrogen) atoms. The molecule has 2 unspecified atom stereocenters. The van der Waals surface area contributed by atoms with E-state index in [4.69, 9.17) is 9.52 Å². The smallest absolute Gasteiger partial charge is 0.307 e. The van der Waals surface area contributed by atoms with Crippen molar-refractivity contribution in [2.75, 3.05) is 0 Å². The van der Waals surface area contributed by atoms with Crippen LogP contribution in [-0.4, -0.2) is 26.5 Å². The van der Waals surface area contributed by atoms with Crippen LogP contribution in [0.4, 0.5) is 0 Å². The molecule has 0 aliphatic rings. The molecule has 0 bridgehead atoms. The lowest BCUT2D eigenvalue weighted by Gasteiger charge is -2.12. The quantitative estimate of drug-likeness (QED) is 0.851. The second kappa shape index (κ2) is 5.53. The largest absolute Gasteiger partial charge is 0.481 e. The van der Waals surface area contributed by atoms with Gasteiger partial charge in [-0.25, -0.2) is 0 Å². The van der Waals surface area contributed by atoms with Crippen LogP contribution in [0.25, 0.3) is 10.8 Å².